The molecule has 1 N–H and O–H groups in total. The van der Waals surface area contributed by atoms with Gasteiger partial charge < -0.3 is 10.1 Å². The zero-order chi connectivity index (χ0) is 21.6. The summed E-state index contributed by atoms with van der Waals surface area (Å²) in [6, 6.07) is 15.2. The maximum atomic E-state index is 12.6. The number of aromatic nitrogens is 5. The van der Waals surface area contributed by atoms with Crippen molar-refractivity contribution in [3.63, 3.8) is 0 Å². The molecule has 0 aliphatic carbocycles. The van der Waals surface area contributed by atoms with Gasteiger partial charge in [-0.1, -0.05) is 18.2 Å². The van der Waals surface area contributed by atoms with Gasteiger partial charge in [0.25, 0.3) is 11.9 Å². The summed E-state index contributed by atoms with van der Waals surface area (Å²) in [5.41, 5.74) is 3.72. The highest BCUT2D eigenvalue weighted by Gasteiger charge is 2.16. The molecule has 1 aromatic carbocycles. The number of benzene rings is 1. The topological polar surface area (TPSA) is 94.8 Å². The van der Waals surface area contributed by atoms with Crippen molar-refractivity contribution in [1.82, 2.24) is 30.0 Å². The van der Waals surface area contributed by atoms with E-state index in [-0.39, 0.29) is 5.91 Å². The van der Waals surface area contributed by atoms with Crippen LogP contribution < -0.4 is 10.1 Å². The first kappa shape index (κ1) is 20.2. The third-order valence-electron chi connectivity index (χ3n) is 4.85. The van der Waals surface area contributed by atoms with Crippen LogP contribution in [-0.4, -0.2) is 44.3 Å². The quantitative estimate of drug-likeness (QED) is 0.500. The molecule has 0 radical (unpaired) electrons. The van der Waals surface area contributed by atoms with Crippen molar-refractivity contribution in [2.75, 3.05) is 13.7 Å². The van der Waals surface area contributed by atoms with Crippen molar-refractivity contribution >= 4 is 5.91 Å². The number of pyridine rings is 1. The lowest BCUT2D eigenvalue weighted by atomic mass is 10.1. The Bertz CT molecular complexity index is 1190. The lowest BCUT2D eigenvalue weighted by molar-refractivity contribution is 0.0953. The molecule has 4 rings (SSSR count). The van der Waals surface area contributed by atoms with Gasteiger partial charge in [0.1, 0.15) is 5.75 Å². The van der Waals surface area contributed by atoms with Gasteiger partial charge >= 0.3 is 0 Å². The van der Waals surface area contributed by atoms with Crippen molar-refractivity contribution in [3.8, 4) is 23.0 Å². The monoisotopic (exact) mass is 414 g/mol. The van der Waals surface area contributed by atoms with Crippen molar-refractivity contribution < 1.29 is 9.53 Å². The van der Waals surface area contributed by atoms with E-state index >= 15 is 0 Å². The van der Waals surface area contributed by atoms with Gasteiger partial charge in [-0.25, -0.2) is 14.6 Å². The van der Waals surface area contributed by atoms with Gasteiger partial charge in [-0.15, -0.1) is 0 Å². The van der Waals surface area contributed by atoms with Crippen LogP contribution >= 0.6 is 0 Å². The van der Waals surface area contributed by atoms with Gasteiger partial charge in [0, 0.05) is 36.6 Å². The number of methoxy groups -OCH3 is 1. The molecule has 0 atom stereocenters. The Kier molecular flexibility index (Phi) is 5.98. The zero-order valence-corrected chi connectivity index (χ0v) is 17.3. The van der Waals surface area contributed by atoms with Gasteiger partial charge in [0.15, 0.2) is 0 Å². The normalized spacial score (nSPS) is 10.6. The standard InChI is InChI=1S/C23H22N6O2/c1-16-20(22(30)25-12-9-18-7-3-4-11-24-18)15-27-29(16)23-26-13-10-21(28-23)17-6-5-8-19(14-17)31-2/h3-8,10-11,13-15H,9,12H2,1-2H3,(H,25,30). The van der Waals surface area contributed by atoms with Crippen LogP contribution in [0.5, 0.6) is 5.75 Å². The molecule has 3 aromatic heterocycles. The van der Waals surface area contributed by atoms with Gasteiger partial charge in [-0.2, -0.15) is 5.10 Å². The fraction of sp³-hybridized carbons (Fsp3) is 0.174. The summed E-state index contributed by atoms with van der Waals surface area (Å²) in [4.78, 5) is 25.8. The first-order valence-electron chi connectivity index (χ1n) is 9.86. The molecule has 31 heavy (non-hydrogen) atoms. The maximum Gasteiger partial charge on any atom is 0.254 e. The lowest BCUT2D eigenvalue weighted by Gasteiger charge is -2.08. The van der Waals surface area contributed by atoms with E-state index in [0.717, 1.165) is 22.7 Å². The average Bonchev–Trinajstić information content (AvgIpc) is 3.21. The van der Waals surface area contributed by atoms with E-state index < -0.39 is 0 Å². The van der Waals surface area contributed by atoms with Gasteiger partial charge in [-0.3, -0.25) is 9.78 Å². The minimum atomic E-state index is -0.191. The summed E-state index contributed by atoms with van der Waals surface area (Å²) in [5, 5.41) is 7.25. The number of nitrogens with zero attached hydrogens (tertiary/aromatic N) is 5. The summed E-state index contributed by atoms with van der Waals surface area (Å²) in [6.45, 7) is 2.31. The summed E-state index contributed by atoms with van der Waals surface area (Å²) in [7, 11) is 1.63. The second kappa shape index (κ2) is 9.17. The van der Waals surface area contributed by atoms with Gasteiger partial charge in [-0.05, 0) is 37.3 Å². The number of ether oxygens (including phenoxy) is 1. The highest BCUT2D eigenvalue weighted by atomic mass is 16.5. The van der Waals surface area contributed by atoms with E-state index in [1.54, 1.807) is 24.2 Å². The van der Waals surface area contributed by atoms with Crippen LogP contribution in [0.2, 0.25) is 0 Å². The highest BCUT2D eigenvalue weighted by Crippen LogP contribution is 2.22. The predicted molar refractivity (Wildman–Crippen MR) is 116 cm³/mol. The van der Waals surface area contributed by atoms with E-state index in [9.17, 15) is 4.79 Å². The molecule has 0 aliphatic rings. The fourth-order valence-corrected chi connectivity index (χ4v) is 3.17. The predicted octanol–water partition coefficient (Wildman–Crippen LogP) is 3.01. The number of nitrogens with one attached hydrogen (secondary N) is 1. The number of amides is 1. The van der Waals surface area contributed by atoms with Crippen molar-refractivity contribution in [3.05, 3.63) is 84.1 Å². The van der Waals surface area contributed by atoms with Crippen LogP contribution in [0, 0.1) is 6.92 Å². The minimum absolute atomic E-state index is 0.191. The number of carbonyl (C=O) groups is 1. The molecule has 0 saturated heterocycles. The second-order valence-electron chi connectivity index (χ2n) is 6.86. The molecule has 4 aromatic rings. The lowest BCUT2D eigenvalue weighted by Crippen LogP contribution is -2.26. The van der Waals surface area contributed by atoms with Crippen LogP contribution in [0.15, 0.2) is 67.1 Å². The molecule has 8 heteroatoms. The molecular weight excluding hydrogens is 392 g/mol. The van der Waals surface area contributed by atoms with E-state index in [1.165, 1.54) is 6.20 Å². The van der Waals surface area contributed by atoms with E-state index in [4.69, 9.17) is 4.74 Å². The van der Waals surface area contributed by atoms with E-state index in [1.807, 2.05) is 55.5 Å². The summed E-state index contributed by atoms with van der Waals surface area (Å²) >= 11 is 0. The Balaban J connectivity index is 1.50. The van der Waals surface area contributed by atoms with Crippen molar-refractivity contribution in [1.29, 1.82) is 0 Å². The molecule has 0 fully saturated rings. The summed E-state index contributed by atoms with van der Waals surface area (Å²) < 4.78 is 6.86. The Morgan fingerprint density at radius 3 is 2.81 bits per heavy atom. The number of hydrogen-bond acceptors (Lipinski definition) is 6. The van der Waals surface area contributed by atoms with Crippen molar-refractivity contribution in [2.45, 2.75) is 13.3 Å². The smallest absolute Gasteiger partial charge is 0.254 e. The van der Waals surface area contributed by atoms with Gasteiger partial charge in [0.05, 0.1) is 30.3 Å². The number of hydrogen-bond donors (Lipinski definition) is 1. The van der Waals surface area contributed by atoms with Crippen LogP contribution in [-0.2, 0) is 6.42 Å². The largest absolute Gasteiger partial charge is 0.497 e. The van der Waals surface area contributed by atoms with Crippen LogP contribution in [0.4, 0.5) is 0 Å². The zero-order valence-electron chi connectivity index (χ0n) is 17.3. The van der Waals surface area contributed by atoms with E-state index in [2.05, 4.69) is 25.4 Å². The molecule has 0 aliphatic heterocycles. The minimum Gasteiger partial charge on any atom is -0.497 e. The van der Waals surface area contributed by atoms with Crippen LogP contribution in [0.25, 0.3) is 17.2 Å². The van der Waals surface area contributed by atoms with Crippen molar-refractivity contribution in [2.24, 2.45) is 0 Å². The van der Waals surface area contributed by atoms with Crippen LogP contribution in [0.1, 0.15) is 21.7 Å². The third kappa shape index (κ3) is 4.58. The second-order valence-corrected chi connectivity index (χ2v) is 6.86. The first-order valence-corrected chi connectivity index (χ1v) is 9.86. The van der Waals surface area contributed by atoms with E-state index in [0.29, 0.717) is 30.2 Å². The molecular formula is C23H22N6O2. The Hall–Kier alpha value is -4.07. The van der Waals surface area contributed by atoms with Crippen LogP contribution in [0.3, 0.4) is 0 Å². The summed E-state index contributed by atoms with van der Waals surface area (Å²) in [5.74, 6) is 0.951. The molecule has 0 saturated carbocycles. The molecule has 0 bridgehead atoms. The average molecular weight is 414 g/mol. The first-order chi connectivity index (χ1) is 15.2. The molecule has 156 valence electrons. The molecule has 8 nitrogen and oxygen atoms in total. The molecule has 3 heterocycles. The highest BCUT2D eigenvalue weighted by molar-refractivity contribution is 5.95. The Morgan fingerprint density at radius 2 is 2.00 bits per heavy atom. The maximum absolute atomic E-state index is 12.6. The third-order valence-corrected chi connectivity index (χ3v) is 4.85. The number of rotatable bonds is 7. The number of carbonyl (C=O) groups excluding carboxylic acids is 1. The fourth-order valence-electron chi connectivity index (χ4n) is 3.17. The van der Waals surface area contributed by atoms with Gasteiger partial charge in [0.2, 0.25) is 0 Å². The molecule has 1 amide bonds. The SMILES string of the molecule is COc1cccc(-c2ccnc(-n3ncc(C(=O)NCCc4ccccn4)c3C)n2)c1. The molecule has 0 unspecified atom stereocenters. The summed E-state index contributed by atoms with van der Waals surface area (Å²) in [6.07, 6.45) is 5.61. The molecule has 0 spiro atoms. The Labute approximate surface area is 180 Å². The Morgan fingerprint density at radius 1 is 1.10 bits per heavy atom.